The Hall–Kier alpha value is -2.17. The molecular weight excluding hydrogens is 416 g/mol. The largest absolute Gasteiger partial charge is 0.354 e. The highest BCUT2D eigenvalue weighted by Gasteiger charge is 2.26. The lowest BCUT2D eigenvalue weighted by molar-refractivity contribution is 0.111. The van der Waals surface area contributed by atoms with Gasteiger partial charge in [0.25, 0.3) is 0 Å². The molecule has 0 bridgehead atoms. The zero-order valence-corrected chi connectivity index (χ0v) is 21.6. The molecule has 2 aliphatic heterocycles. The molecule has 5 rings (SSSR count). The van der Waals surface area contributed by atoms with E-state index in [0.717, 1.165) is 18.0 Å². The first-order valence-electron chi connectivity index (χ1n) is 13.6. The highest BCUT2D eigenvalue weighted by atomic mass is 15.2. The van der Waals surface area contributed by atoms with Gasteiger partial charge in [-0.25, -0.2) is 0 Å². The molecular formula is C30H42N4. The number of nitrogens with zero attached hydrogens (tertiary/aromatic N) is 3. The molecule has 0 unspecified atom stereocenters. The van der Waals surface area contributed by atoms with Crippen molar-refractivity contribution in [3.8, 4) is 11.3 Å². The number of hydrogen-bond donors (Lipinski definition) is 1. The van der Waals surface area contributed by atoms with Crippen molar-refractivity contribution in [1.29, 1.82) is 0 Å². The molecule has 4 nitrogen and oxygen atoms in total. The molecule has 1 N–H and O–H groups in total. The van der Waals surface area contributed by atoms with E-state index < -0.39 is 0 Å². The number of fused-ring (bicyclic) bond motifs is 1. The quantitative estimate of drug-likeness (QED) is 0.464. The number of benzene rings is 1. The van der Waals surface area contributed by atoms with Crippen molar-refractivity contribution in [3.63, 3.8) is 0 Å². The van der Waals surface area contributed by atoms with Gasteiger partial charge in [0, 0.05) is 46.6 Å². The van der Waals surface area contributed by atoms with Crippen LogP contribution in [-0.4, -0.2) is 58.5 Å². The van der Waals surface area contributed by atoms with Gasteiger partial charge in [-0.05, 0) is 126 Å². The van der Waals surface area contributed by atoms with Crippen LogP contribution in [0.2, 0.25) is 0 Å². The topological polar surface area (TPSA) is 35.2 Å². The summed E-state index contributed by atoms with van der Waals surface area (Å²) in [6, 6.07) is 12.2. The Bertz CT molecular complexity index is 1100. The number of piperidine rings is 2. The van der Waals surface area contributed by atoms with E-state index in [1.807, 2.05) is 6.20 Å². The molecule has 0 radical (unpaired) electrons. The lowest BCUT2D eigenvalue weighted by Gasteiger charge is -2.39. The second-order valence-corrected chi connectivity index (χ2v) is 11.0. The number of hydrogen-bond acceptors (Lipinski definition) is 3. The van der Waals surface area contributed by atoms with Gasteiger partial charge in [-0.1, -0.05) is 13.0 Å². The Morgan fingerprint density at radius 1 is 1.00 bits per heavy atom. The third-order valence-electron chi connectivity index (χ3n) is 8.42. The molecule has 2 aliphatic rings. The molecule has 182 valence electrons. The van der Waals surface area contributed by atoms with E-state index in [4.69, 9.17) is 0 Å². The van der Waals surface area contributed by atoms with Crippen LogP contribution in [0.4, 0.5) is 0 Å². The summed E-state index contributed by atoms with van der Waals surface area (Å²) in [7, 11) is 0. The lowest BCUT2D eigenvalue weighted by atomic mass is 9.87. The molecule has 1 aromatic carbocycles. The molecule has 0 saturated carbocycles. The maximum atomic E-state index is 4.38. The second kappa shape index (κ2) is 10.2. The van der Waals surface area contributed by atoms with Crippen LogP contribution in [0.3, 0.4) is 0 Å². The van der Waals surface area contributed by atoms with Crippen molar-refractivity contribution < 1.29 is 0 Å². The summed E-state index contributed by atoms with van der Waals surface area (Å²) in [5, 5.41) is 1.41. The zero-order chi connectivity index (χ0) is 23.7. The minimum Gasteiger partial charge on any atom is -0.354 e. The van der Waals surface area contributed by atoms with Gasteiger partial charge in [0.05, 0.1) is 0 Å². The number of aromatic nitrogens is 2. The molecule has 0 atom stereocenters. The lowest BCUT2D eigenvalue weighted by Crippen LogP contribution is -2.43. The monoisotopic (exact) mass is 458 g/mol. The summed E-state index contributed by atoms with van der Waals surface area (Å²) in [5.41, 5.74) is 7.80. The minimum absolute atomic E-state index is 0.690. The van der Waals surface area contributed by atoms with Crippen LogP contribution in [0.15, 0.2) is 36.5 Å². The molecule has 4 heterocycles. The summed E-state index contributed by atoms with van der Waals surface area (Å²) in [6.45, 7) is 15.4. The van der Waals surface area contributed by atoms with Crippen LogP contribution in [0.1, 0.15) is 69.2 Å². The molecule has 2 saturated heterocycles. The number of aryl methyl sites for hydroxylation is 2. The van der Waals surface area contributed by atoms with Crippen LogP contribution in [0.25, 0.3) is 22.2 Å². The van der Waals surface area contributed by atoms with Crippen molar-refractivity contribution in [2.45, 2.75) is 71.8 Å². The highest BCUT2D eigenvalue weighted by molar-refractivity contribution is 5.91. The average molecular weight is 459 g/mol. The Morgan fingerprint density at radius 3 is 2.44 bits per heavy atom. The van der Waals surface area contributed by atoms with Gasteiger partial charge < -0.3 is 14.8 Å². The third kappa shape index (κ3) is 4.94. The maximum Gasteiger partial charge on any atom is 0.0498 e. The predicted octanol–water partition coefficient (Wildman–Crippen LogP) is 6.40. The predicted molar refractivity (Wildman–Crippen MR) is 143 cm³/mol. The molecule has 0 spiro atoms. The fourth-order valence-electron chi connectivity index (χ4n) is 6.30. The highest BCUT2D eigenvalue weighted by Crippen LogP contribution is 2.35. The Kier molecular flexibility index (Phi) is 7.08. The third-order valence-corrected chi connectivity index (χ3v) is 8.42. The first kappa shape index (κ1) is 23.6. The van der Waals surface area contributed by atoms with Crippen LogP contribution in [0.5, 0.6) is 0 Å². The van der Waals surface area contributed by atoms with Gasteiger partial charge in [0.2, 0.25) is 0 Å². The summed E-state index contributed by atoms with van der Waals surface area (Å²) < 4.78 is 0. The summed E-state index contributed by atoms with van der Waals surface area (Å²) in [5.74, 6) is 1.58. The fourth-order valence-corrected chi connectivity index (χ4v) is 6.30. The van der Waals surface area contributed by atoms with Crippen LogP contribution in [-0.2, 0) is 6.42 Å². The number of aromatic amines is 1. The van der Waals surface area contributed by atoms with Crippen LogP contribution >= 0.6 is 0 Å². The van der Waals surface area contributed by atoms with Gasteiger partial charge >= 0.3 is 0 Å². The normalized spacial score (nSPS) is 19.4. The van der Waals surface area contributed by atoms with Gasteiger partial charge in [0.15, 0.2) is 0 Å². The summed E-state index contributed by atoms with van der Waals surface area (Å²) >= 11 is 0. The van der Waals surface area contributed by atoms with Gasteiger partial charge in [-0.3, -0.25) is 4.98 Å². The Balaban J connectivity index is 1.25. The van der Waals surface area contributed by atoms with E-state index in [2.05, 4.69) is 77.8 Å². The van der Waals surface area contributed by atoms with E-state index in [9.17, 15) is 0 Å². The van der Waals surface area contributed by atoms with E-state index in [0.29, 0.717) is 12.0 Å². The smallest absolute Gasteiger partial charge is 0.0498 e. The van der Waals surface area contributed by atoms with Crippen molar-refractivity contribution in [3.05, 3.63) is 53.3 Å². The van der Waals surface area contributed by atoms with E-state index in [1.165, 1.54) is 91.7 Å². The van der Waals surface area contributed by atoms with Crippen molar-refractivity contribution in [2.75, 3.05) is 32.7 Å². The Labute approximate surface area is 205 Å². The standard InChI is InChI=1S/C30H42N4/c1-5-27-28-19-25(6-7-29(28)32-30(27)26-8-13-31-22(4)18-26)24-11-14-33(15-12-24)20-23-9-16-34(17-10-23)21(2)3/h6-8,13,18-19,21,23-24,32H,5,9-12,14-17,20H2,1-4H3. The number of nitrogens with one attached hydrogen (secondary N) is 1. The molecule has 2 fully saturated rings. The van der Waals surface area contributed by atoms with Gasteiger partial charge in [-0.2, -0.15) is 0 Å². The Morgan fingerprint density at radius 2 is 1.76 bits per heavy atom. The van der Waals surface area contributed by atoms with E-state index in [1.54, 1.807) is 0 Å². The molecule has 0 amide bonds. The molecule has 0 aliphatic carbocycles. The van der Waals surface area contributed by atoms with Gasteiger partial charge in [0.1, 0.15) is 0 Å². The van der Waals surface area contributed by atoms with E-state index in [-0.39, 0.29) is 0 Å². The molecule has 34 heavy (non-hydrogen) atoms. The number of pyridine rings is 1. The minimum atomic E-state index is 0.690. The zero-order valence-electron chi connectivity index (χ0n) is 21.6. The number of likely N-dealkylation sites (tertiary alicyclic amines) is 2. The maximum absolute atomic E-state index is 4.38. The first-order valence-corrected chi connectivity index (χ1v) is 13.6. The second-order valence-electron chi connectivity index (χ2n) is 11.0. The molecule has 2 aromatic heterocycles. The molecule has 3 aromatic rings. The number of rotatable bonds is 6. The van der Waals surface area contributed by atoms with Crippen LogP contribution in [0, 0.1) is 12.8 Å². The van der Waals surface area contributed by atoms with Crippen molar-refractivity contribution in [1.82, 2.24) is 19.8 Å². The van der Waals surface area contributed by atoms with Crippen molar-refractivity contribution >= 4 is 10.9 Å². The summed E-state index contributed by atoms with van der Waals surface area (Å²) in [4.78, 5) is 13.5. The molecule has 4 heteroatoms. The summed E-state index contributed by atoms with van der Waals surface area (Å²) in [6.07, 6.45) is 8.29. The average Bonchev–Trinajstić information content (AvgIpc) is 3.23. The fraction of sp³-hybridized carbons (Fsp3) is 0.567. The van der Waals surface area contributed by atoms with Crippen molar-refractivity contribution in [2.24, 2.45) is 5.92 Å². The SMILES string of the molecule is CCc1c(-c2ccnc(C)c2)[nH]c2ccc(C3CCN(CC4CCN(C(C)C)CC4)CC3)cc12. The first-order chi connectivity index (χ1) is 16.5. The van der Waals surface area contributed by atoms with Gasteiger partial charge in [-0.15, -0.1) is 0 Å². The van der Waals surface area contributed by atoms with Crippen LogP contribution < -0.4 is 0 Å². The number of H-pyrrole nitrogens is 1. The van der Waals surface area contributed by atoms with E-state index >= 15 is 0 Å².